The molecule has 8 heteroatoms. The second-order valence-corrected chi connectivity index (χ2v) is 9.28. The van der Waals surface area contributed by atoms with Crippen LogP contribution in [-0.2, 0) is 16.6 Å². The molecule has 3 rings (SSSR count). The van der Waals surface area contributed by atoms with Crippen molar-refractivity contribution in [2.45, 2.75) is 38.1 Å². The fourth-order valence-electron chi connectivity index (χ4n) is 3.59. The Morgan fingerprint density at radius 1 is 1.17 bits per heavy atom. The molecule has 0 N–H and O–H groups in total. The number of aromatic nitrogens is 1. The summed E-state index contributed by atoms with van der Waals surface area (Å²) in [4.78, 5) is 19.0. The second kappa shape index (κ2) is 8.51. The number of methoxy groups -OCH3 is 1. The molecule has 0 saturated carbocycles. The van der Waals surface area contributed by atoms with Crippen molar-refractivity contribution in [1.29, 1.82) is 0 Å². The Balaban J connectivity index is 1.75. The molecule has 0 aliphatic carbocycles. The van der Waals surface area contributed by atoms with Gasteiger partial charge in [0, 0.05) is 43.0 Å². The van der Waals surface area contributed by atoms with Gasteiger partial charge in [-0.2, -0.15) is 4.31 Å². The fraction of sp³-hybridized carbons (Fsp3) is 0.429. The molecule has 0 bridgehead atoms. The number of carbonyl (C=O) groups is 1. The van der Waals surface area contributed by atoms with Crippen LogP contribution >= 0.6 is 0 Å². The van der Waals surface area contributed by atoms with Gasteiger partial charge in [0.25, 0.3) is 5.91 Å². The average Bonchev–Trinajstić information content (AvgIpc) is 3.26. The monoisotopic (exact) mass is 417 g/mol. The van der Waals surface area contributed by atoms with E-state index in [0.717, 1.165) is 35.4 Å². The van der Waals surface area contributed by atoms with Crippen LogP contribution in [0, 0.1) is 13.8 Å². The summed E-state index contributed by atoms with van der Waals surface area (Å²) in [7, 11) is -0.167. The van der Waals surface area contributed by atoms with Crippen molar-refractivity contribution in [3.05, 3.63) is 52.8 Å². The van der Waals surface area contributed by atoms with Gasteiger partial charge in [0.1, 0.15) is 5.75 Å². The van der Waals surface area contributed by atoms with Gasteiger partial charge >= 0.3 is 0 Å². The van der Waals surface area contributed by atoms with Crippen LogP contribution < -0.4 is 4.74 Å². The smallest absolute Gasteiger partial charge is 0.253 e. The number of aryl methyl sites for hydroxylation is 1. The summed E-state index contributed by atoms with van der Waals surface area (Å²) in [6, 6.07) is 6.15. The Bertz CT molecular complexity index is 997. The van der Waals surface area contributed by atoms with Crippen LogP contribution in [0.25, 0.3) is 0 Å². The minimum atomic E-state index is -3.48. The number of carbonyl (C=O) groups excluding carboxylic acids is 1. The lowest BCUT2D eigenvalue weighted by Crippen LogP contribution is -2.28. The number of sulfonamides is 1. The lowest BCUT2D eigenvalue weighted by molar-refractivity contribution is 0.0783. The number of nitrogens with zero attached hydrogens (tertiary/aromatic N) is 3. The minimum Gasteiger partial charge on any atom is -0.496 e. The van der Waals surface area contributed by atoms with Crippen LogP contribution in [0.1, 0.15) is 40.0 Å². The standard InChI is InChI=1S/C21H27N3O4S/c1-15-13-22-19(16(2)20(15)28-4)14-23(3)21(25)17-7-9-18(10-8-17)29(26,27)24-11-5-6-12-24/h7-10,13H,5-6,11-12,14H2,1-4H3. The number of pyridine rings is 1. The second-order valence-electron chi connectivity index (χ2n) is 7.34. The molecule has 0 radical (unpaired) electrons. The molecule has 0 atom stereocenters. The Kier molecular flexibility index (Phi) is 6.24. The predicted molar refractivity (Wildman–Crippen MR) is 110 cm³/mol. The van der Waals surface area contributed by atoms with Gasteiger partial charge in [0.05, 0.1) is 24.2 Å². The van der Waals surface area contributed by atoms with E-state index in [4.69, 9.17) is 4.74 Å². The van der Waals surface area contributed by atoms with Gasteiger partial charge in [-0.1, -0.05) is 0 Å². The van der Waals surface area contributed by atoms with Crippen LogP contribution in [0.2, 0.25) is 0 Å². The van der Waals surface area contributed by atoms with Gasteiger partial charge in [-0.25, -0.2) is 8.42 Å². The fourth-order valence-corrected chi connectivity index (χ4v) is 5.11. The lowest BCUT2D eigenvalue weighted by atomic mass is 10.1. The van der Waals surface area contributed by atoms with E-state index in [2.05, 4.69) is 4.98 Å². The Morgan fingerprint density at radius 3 is 2.38 bits per heavy atom. The van der Waals surface area contributed by atoms with Crippen LogP contribution in [0.15, 0.2) is 35.4 Å². The van der Waals surface area contributed by atoms with Gasteiger partial charge in [-0.15, -0.1) is 0 Å². The first-order valence-corrected chi connectivity index (χ1v) is 11.0. The average molecular weight is 418 g/mol. The molecular weight excluding hydrogens is 390 g/mol. The summed E-state index contributed by atoms with van der Waals surface area (Å²) in [5.74, 6) is 0.572. The van der Waals surface area contributed by atoms with Gasteiger partial charge < -0.3 is 9.64 Å². The zero-order valence-electron chi connectivity index (χ0n) is 17.3. The van der Waals surface area contributed by atoms with Crippen LogP contribution in [0.4, 0.5) is 0 Å². The van der Waals surface area contributed by atoms with Gasteiger partial charge in [-0.05, 0) is 51.0 Å². The first kappa shape index (κ1) is 21.3. The summed E-state index contributed by atoms with van der Waals surface area (Å²) < 4.78 is 32.2. The van der Waals surface area contributed by atoms with Crippen LogP contribution in [0.5, 0.6) is 5.75 Å². The summed E-state index contributed by atoms with van der Waals surface area (Å²) in [6.07, 6.45) is 3.51. The van der Waals surface area contributed by atoms with E-state index in [1.54, 1.807) is 37.4 Å². The van der Waals surface area contributed by atoms with E-state index in [0.29, 0.717) is 25.2 Å². The first-order chi connectivity index (χ1) is 13.8. The highest BCUT2D eigenvalue weighted by molar-refractivity contribution is 7.89. The normalized spacial score (nSPS) is 14.8. The maximum absolute atomic E-state index is 12.8. The molecule has 0 unspecified atom stereocenters. The van der Waals surface area contributed by atoms with Crippen molar-refractivity contribution >= 4 is 15.9 Å². The summed E-state index contributed by atoms with van der Waals surface area (Å²) in [5, 5.41) is 0. The number of hydrogen-bond donors (Lipinski definition) is 0. The van der Waals surface area contributed by atoms with Crippen molar-refractivity contribution in [3.8, 4) is 5.75 Å². The molecule has 1 amide bonds. The molecular formula is C21H27N3O4S. The summed E-state index contributed by atoms with van der Waals surface area (Å²) in [5.41, 5.74) is 3.04. The van der Waals surface area contributed by atoms with Crippen molar-refractivity contribution in [1.82, 2.24) is 14.2 Å². The molecule has 2 heterocycles. The highest BCUT2D eigenvalue weighted by Crippen LogP contribution is 2.25. The molecule has 1 aliphatic rings. The third-order valence-corrected chi connectivity index (χ3v) is 7.20. The van der Waals surface area contributed by atoms with Crippen molar-refractivity contribution in [2.75, 3.05) is 27.2 Å². The summed E-state index contributed by atoms with van der Waals surface area (Å²) in [6.45, 7) is 5.28. The maximum atomic E-state index is 12.8. The van der Waals surface area contributed by atoms with Gasteiger partial charge in [0.2, 0.25) is 10.0 Å². The van der Waals surface area contributed by atoms with Crippen molar-refractivity contribution < 1.29 is 17.9 Å². The number of rotatable bonds is 6. The van der Waals surface area contributed by atoms with Crippen molar-refractivity contribution in [2.24, 2.45) is 0 Å². The molecule has 1 fully saturated rings. The number of ether oxygens (including phenoxy) is 1. The van der Waals surface area contributed by atoms with Crippen LogP contribution in [0.3, 0.4) is 0 Å². The third kappa shape index (κ3) is 4.28. The molecule has 2 aromatic rings. The Hall–Kier alpha value is -2.45. The van der Waals surface area contributed by atoms with Gasteiger partial charge in [0.15, 0.2) is 0 Å². The number of benzene rings is 1. The molecule has 1 aliphatic heterocycles. The highest BCUT2D eigenvalue weighted by Gasteiger charge is 2.27. The van der Waals surface area contributed by atoms with E-state index in [-0.39, 0.29) is 10.8 Å². The molecule has 156 valence electrons. The molecule has 7 nitrogen and oxygen atoms in total. The van der Waals surface area contributed by atoms with Gasteiger partial charge in [-0.3, -0.25) is 9.78 Å². The van der Waals surface area contributed by atoms with E-state index in [1.165, 1.54) is 16.4 Å². The minimum absolute atomic E-state index is 0.198. The zero-order valence-corrected chi connectivity index (χ0v) is 18.1. The third-order valence-electron chi connectivity index (χ3n) is 5.29. The van der Waals surface area contributed by atoms with E-state index in [1.807, 2.05) is 13.8 Å². The largest absolute Gasteiger partial charge is 0.496 e. The molecule has 1 saturated heterocycles. The maximum Gasteiger partial charge on any atom is 0.253 e. The topological polar surface area (TPSA) is 79.8 Å². The molecule has 1 aromatic carbocycles. The lowest BCUT2D eigenvalue weighted by Gasteiger charge is -2.20. The molecule has 0 spiro atoms. The van der Waals surface area contributed by atoms with Crippen molar-refractivity contribution in [3.63, 3.8) is 0 Å². The quantitative estimate of drug-likeness (QED) is 0.722. The predicted octanol–water partition coefficient (Wildman–Crippen LogP) is 2.76. The van der Waals surface area contributed by atoms with E-state index < -0.39 is 10.0 Å². The molecule has 29 heavy (non-hydrogen) atoms. The van der Waals surface area contributed by atoms with E-state index >= 15 is 0 Å². The number of hydrogen-bond acceptors (Lipinski definition) is 5. The first-order valence-electron chi connectivity index (χ1n) is 9.60. The zero-order chi connectivity index (χ0) is 21.2. The van der Waals surface area contributed by atoms with E-state index in [9.17, 15) is 13.2 Å². The van der Waals surface area contributed by atoms with Crippen LogP contribution in [-0.4, -0.2) is 55.8 Å². The Labute approximate surface area is 172 Å². The number of amides is 1. The Morgan fingerprint density at radius 2 is 1.79 bits per heavy atom. The highest BCUT2D eigenvalue weighted by atomic mass is 32.2. The molecule has 1 aromatic heterocycles. The SMILES string of the molecule is COc1c(C)cnc(CN(C)C(=O)c2ccc(S(=O)(=O)N3CCCC3)cc2)c1C. The summed E-state index contributed by atoms with van der Waals surface area (Å²) >= 11 is 0.